The van der Waals surface area contributed by atoms with Gasteiger partial charge in [0.1, 0.15) is 22.9 Å². The van der Waals surface area contributed by atoms with Gasteiger partial charge in [-0.2, -0.15) is 0 Å². The third-order valence-corrected chi connectivity index (χ3v) is 4.70. The van der Waals surface area contributed by atoms with Crippen molar-refractivity contribution in [2.24, 2.45) is 0 Å². The molecule has 7 heteroatoms. The molecule has 0 atom stereocenters. The monoisotopic (exact) mass is 410 g/mol. The number of rotatable bonds is 9. The van der Waals surface area contributed by atoms with Gasteiger partial charge in [-0.05, 0) is 48.9 Å². The van der Waals surface area contributed by atoms with E-state index in [-0.39, 0.29) is 5.91 Å². The van der Waals surface area contributed by atoms with Gasteiger partial charge in [0.25, 0.3) is 5.91 Å². The summed E-state index contributed by atoms with van der Waals surface area (Å²) >= 11 is 0. The number of nitrogens with zero attached hydrogens (tertiary/aromatic N) is 2. The number of ether oxygens (including phenoxy) is 3. The van der Waals surface area contributed by atoms with Gasteiger partial charge in [-0.3, -0.25) is 4.79 Å². The summed E-state index contributed by atoms with van der Waals surface area (Å²) in [6, 6.07) is 14.4. The van der Waals surface area contributed by atoms with Crippen LogP contribution in [0.25, 0.3) is 11.3 Å². The Morgan fingerprint density at radius 2 is 1.67 bits per heavy atom. The lowest BCUT2D eigenvalue weighted by Gasteiger charge is -2.21. The van der Waals surface area contributed by atoms with E-state index in [1.165, 1.54) is 0 Å². The van der Waals surface area contributed by atoms with E-state index in [4.69, 9.17) is 18.7 Å². The fourth-order valence-corrected chi connectivity index (χ4v) is 3.15. The number of benzene rings is 2. The van der Waals surface area contributed by atoms with Crippen LogP contribution in [0.2, 0.25) is 0 Å². The first-order valence-corrected chi connectivity index (χ1v) is 9.71. The van der Waals surface area contributed by atoms with Crippen molar-refractivity contribution in [2.45, 2.75) is 19.9 Å². The summed E-state index contributed by atoms with van der Waals surface area (Å²) in [6.45, 7) is 2.98. The van der Waals surface area contributed by atoms with Gasteiger partial charge >= 0.3 is 0 Å². The second-order valence-electron chi connectivity index (χ2n) is 6.70. The number of hydrogen-bond acceptors (Lipinski definition) is 6. The Bertz CT molecular complexity index is 982. The summed E-state index contributed by atoms with van der Waals surface area (Å²) in [6.07, 6.45) is 0.830. The van der Waals surface area contributed by atoms with Crippen molar-refractivity contribution in [3.8, 4) is 28.6 Å². The molecule has 3 rings (SSSR count). The lowest BCUT2D eigenvalue weighted by molar-refractivity contribution is 0.0739. The van der Waals surface area contributed by atoms with Crippen LogP contribution in [0.1, 0.15) is 29.4 Å². The van der Waals surface area contributed by atoms with Crippen molar-refractivity contribution in [3.05, 3.63) is 59.8 Å². The second-order valence-corrected chi connectivity index (χ2v) is 6.70. The van der Waals surface area contributed by atoms with Crippen LogP contribution < -0.4 is 14.2 Å². The van der Waals surface area contributed by atoms with E-state index < -0.39 is 0 Å². The molecule has 30 heavy (non-hydrogen) atoms. The van der Waals surface area contributed by atoms with Crippen molar-refractivity contribution in [1.82, 2.24) is 10.1 Å². The standard InChI is InChI=1S/C23H26N2O5/c1-5-12-25(23(26)16-6-8-18(27-2)9-7-16)15-17-13-22(30-24-17)20-14-19(28-3)10-11-21(20)29-4/h6-11,13-14H,5,12,15H2,1-4H3. The highest BCUT2D eigenvalue weighted by Crippen LogP contribution is 2.34. The molecular formula is C23H26N2O5. The highest BCUT2D eigenvalue weighted by molar-refractivity contribution is 5.94. The summed E-state index contributed by atoms with van der Waals surface area (Å²) in [5.74, 6) is 2.53. The molecular weight excluding hydrogens is 384 g/mol. The molecule has 1 heterocycles. The molecule has 7 nitrogen and oxygen atoms in total. The molecule has 1 amide bonds. The van der Waals surface area contributed by atoms with Gasteiger partial charge in [0.15, 0.2) is 5.76 Å². The quantitative estimate of drug-likeness (QED) is 0.520. The zero-order valence-corrected chi connectivity index (χ0v) is 17.7. The fourth-order valence-electron chi connectivity index (χ4n) is 3.15. The number of aromatic nitrogens is 1. The lowest BCUT2D eigenvalue weighted by Crippen LogP contribution is -2.31. The van der Waals surface area contributed by atoms with Gasteiger partial charge in [-0.1, -0.05) is 12.1 Å². The molecule has 0 aliphatic rings. The van der Waals surface area contributed by atoms with Crippen LogP contribution in [0.4, 0.5) is 0 Å². The molecule has 1 aromatic heterocycles. The van der Waals surface area contributed by atoms with Crippen LogP contribution in [0.3, 0.4) is 0 Å². The summed E-state index contributed by atoms with van der Waals surface area (Å²) in [5, 5.41) is 4.16. The van der Waals surface area contributed by atoms with Crippen LogP contribution >= 0.6 is 0 Å². The Hall–Kier alpha value is -3.48. The molecule has 0 spiro atoms. The Labute approximate surface area is 176 Å². The maximum atomic E-state index is 13.0. The number of carbonyl (C=O) groups excluding carboxylic acids is 1. The van der Waals surface area contributed by atoms with Crippen LogP contribution in [0.15, 0.2) is 53.1 Å². The van der Waals surface area contributed by atoms with E-state index >= 15 is 0 Å². The number of carbonyl (C=O) groups is 1. The maximum absolute atomic E-state index is 13.0. The molecule has 0 saturated carbocycles. The van der Waals surface area contributed by atoms with Crippen molar-refractivity contribution in [1.29, 1.82) is 0 Å². The van der Waals surface area contributed by atoms with Crippen molar-refractivity contribution < 1.29 is 23.5 Å². The Balaban J connectivity index is 1.82. The summed E-state index contributed by atoms with van der Waals surface area (Å²) in [7, 11) is 4.80. The lowest BCUT2D eigenvalue weighted by atomic mass is 10.1. The molecule has 0 radical (unpaired) electrons. The molecule has 0 fully saturated rings. The smallest absolute Gasteiger partial charge is 0.254 e. The van der Waals surface area contributed by atoms with E-state index in [0.717, 1.165) is 12.0 Å². The average Bonchev–Trinajstić information content (AvgIpc) is 3.26. The summed E-state index contributed by atoms with van der Waals surface area (Å²) in [4.78, 5) is 14.7. The molecule has 0 bridgehead atoms. The Morgan fingerprint density at radius 1 is 0.967 bits per heavy atom. The SMILES string of the molecule is CCCN(Cc1cc(-c2cc(OC)ccc2OC)on1)C(=O)c1ccc(OC)cc1. The van der Waals surface area contributed by atoms with Crippen molar-refractivity contribution in [2.75, 3.05) is 27.9 Å². The minimum absolute atomic E-state index is 0.0667. The minimum Gasteiger partial charge on any atom is -0.497 e. The summed E-state index contributed by atoms with van der Waals surface area (Å²) < 4.78 is 21.4. The van der Waals surface area contributed by atoms with Crippen LogP contribution in [-0.4, -0.2) is 43.8 Å². The third kappa shape index (κ3) is 4.74. The Kier molecular flexibility index (Phi) is 6.95. The highest BCUT2D eigenvalue weighted by Gasteiger charge is 2.19. The molecule has 3 aromatic rings. The second kappa shape index (κ2) is 9.82. The van der Waals surface area contributed by atoms with Gasteiger partial charge in [0.2, 0.25) is 0 Å². The van der Waals surface area contributed by atoms with E-state index in [9.17, 15) is 4.79 Å². The average molecular weight is 410 g/mol. The summed E-state index contributed by atoms with van der Waals surface area (Å²) in [5.41, 5.74) is 1.99. The minimum atomic E-state index is -0.0667. The third-order valence-electron chi connectivity index (χ3n) is 4.70. The van der Waals surface area contributed by atoms with E-state index in [1.54, 1.807) is 50.5 Å². The molecule has 0 N–H and O–H groups in total. The first-order chi connectivity index (χ1) is 14.6. The number of amides is 1. The zero-order valence-electron chi connectivity index (χ0n) is 17.7. The predicted molar refractivity (Wildman–Crippen MR) is 113 cm³/mol. The zero-order chi connectivity index (χ0) is 21.5. The number of methoxy groups -OCH3 is 3. The predicted octanol–water partition coefficient (Wildman–Crippen LogP) is 4.42. The molecule has 0 aliphatic heterocycles. The van der Waals surface area contributed by atoms with Gasteiger partial charge in [-0.25, -0.2) is 0 Å². The Morgan fingerprint density at radius 3 is 2.30 bits per heavy atom. The molecule has 0 saturated heterocycles. The fraction of sp³-hybridized carbons (Fsp3) is 0.304. The van der Waals surface area contributed by atoms with Crippen LogP contribution in [0, 0.1) is 0 Å². The van der Waals surface area contributed by atoms with Gasteiger partial charge < -0.3 is 23.6 Å². The van der Waals surface area contributed by atoms with E-state index in [1.807, 2.05) is 31.2 Å². The van der Waals surface area contributed by atoms with Crippen molar-refractivity contribution in [3.63, 3.8) is 0 Å². The molecule has 0 aliphatic carbocycles. The van der Waals surface area contributed by atoms with Gasteiger partial charge in [0, 0.05) is 18.2 Å². The normalized spacial score (nSPS) is 10.5. The highest BCUT2D eigenvalue weighted by atomic mass is 16.5. The van der Waals surface area contributed by atoms with Crippen LogP contribution in [0.5, 0.6) is 17.2 Å². The molecule has 0 unspecified atom stereocenters. The molecule has 158 valence electrons. The maximum Gasteiger partial charge on any atom is 0.254 e. The van der Waals surface area contributed by atoms with Gasteiger partial charge in [-0.15, -0.1) is 0 Å². The largest absolute Gasteiger partial charge is 0.497 e. The van der Waals surface area contributed by atoms with Crippen molar-refractivity contribution >= 4 is 5.91 Å². The first kappa shape index (κ1) is 21.2. The number of hydrogen-bond donors (Lipinski definition) is 0. The van der Waals surface area contributed by atoms with E-state index in [0.29, 0.717) is 47.4 Å². The topological polar surface area (TPSA) is 74.0 Å². The van der Waals surface area contributed by atoms with Gasteiger partial charge in [0.05, 0.1) is 33.4 Å². The van der Waals surface area contributed by atoms with Crippen LogP contribution in [-0.2, 0) is 6.54 Å². The van der Waals surface area contributed by atoms with E-state index in [2.05, 4.69) is 5.16 Å². The first-order valence-electron chi connectivity index (χ1n) is 9.71. The molecule has 2 aromatic carbocycles.